The van der Waals surface area contributed by atoms with Gasteiger partial charge in [-0.2, -0.15) is 4.39 Å². The van der Waals surface area contributed by atoms with E-state index in [1.54, 1.807) is 23.1 Å². The number of benzene rings is 1. The second-order valence-corrected chi connectivity index (χ2v) is 6.51. The number of imidazole rings is 1. The molecule has 142 valence electrons. The van der Waals surface area contributed by atoms with Crippen molar-refractivity contribution in [2.75, 3.05) is 12.3 Å². The number of carbonyl (C=O) groups is 1. The maximum absolute atomic E-state index is 14.0. The molecular weight excluding hydrogens is 359 g/mol. The summed E-state index contributed by atoms with van der Waals surface area (Å²) in [5.41, 5.74) is 9.10. The van der Waals surface area contributed by atoms with E-state index in [1.165, 1.54) is 13.1 Å². The highest BCUT2D eigenvalue weighted by molar-refractivity contribution is 6.07. The molecule has 0 saturated heterocycles. The molecule has 0 saturated carbocycles. The Labute approximate surface area is 160 Å². The molecule has 0 unspecified atom stereocenters. The van der Waals surface area contributed by atoms with Crippen molar-refractivity contribution in [3.63, 3.8) is 0 Å². The molecule has 4 rings (SSSR count). The highest BCUT2D eigenvalue weighted by atomic mass is 19.1. The van der Waals surface area contributed by atoms with Crippen LogP contribution in [0.3, 0.4) is 0 Å². The molecule has 0 aliphatic carbocycles. The van der Waals surface area contributed by atoms with Gasteiger partial charge in [-0.1, -0.05) is 6.07 Å². The van der Waals surface area contributed by atoms with Gasteiger partial charge in [0.15, 0.2) is 0 Å². The van der Waals surface area contributed by atoms with Gasteiger partial charge in [0.05, 0.1) is 12.1 Å². The molecule has 0 bridgehead atoms. The van der Waals surface area contributed by atoms with Gasteiger partial charge in [0.2, 0.25) is 11.9 Å². The molecule has 0 radical (unpaired) electrons. The SMILES string of the molecule is CCN(Cc1nc2c([nH]1)c(N)nc1cc(-c3cccnc3F)ccc12)C(C)=O. The van der Waals surface area contributed by atoms with Crippen LogP contribution in [0.2, 0.25) is 0 Å². The standard InChI is InChI=1S/C20H19FN6O/c1-3-27(11(2)28)10-16-25-17-14-7-6-12(13-5-4-8-23-19(13)21)9-15(14)24-20(22)18(17)26-16/h4-9H,3,10H2,1-2H3,(H2,22,24)(H,25,26). The summed E-state index contributed by atoms with van der Waals surface area (Å²) >= 11 is 0. The lowest BCUT2D eigenvalue weighted by atomic mass is 10.0. The smallest absolute Gasteiger partial charge is 0.220 e. The summed E-state index contributed by atoms with van der Waals surface area (Å²) in [7, 11) is 0. The number of nitrogen functional groups attached to an aromatic ring is 1. The molecule has 3 heterocycles. The predicted molar refractivity (Wildman–Crippen MR) is 106 cm³/mol. The Kier molecular flexibility index (Phi) is 4.38. The summed E-state index contributed by atoms with van der Waals surface area (Å²) in [6.07, 6.45) is 1.41. The van der Waals surface area contributed by atoms with Crippen LogP contribution in [0.1, 0.15) is 19.7 Å². The molecule has 0 atom stereocenters. The van der Waals surface area contributed by atoms with Gasteiger partial charge in [0, 0.05) is 30.6 Å². The average Bonchev–Trinajstić information content (AvgIpc) is 3.10. The first kappa shape index (κ1) is 17.8. The molecule has 1 amide bonds. The van der Waals surface area contributed by atoms with Crippen LogP contribution < -0.4 is 5.73 Å². The van der Waals surface area contributed by atoms with E-state index in [4.69, 9.17) is 5.73 Å². The fourth-order valence-corrected chi connectivity index (χ4v) is 3.28. The number of pyridine rings is 2. The number of hydrogen-bond acceptors (Lipinski definition) is 5. The molecule has 8 heteroatoms. The van der Waals surface area contributed by atoms with Crippen LogP contribution in [0.25, 0.3) is 33.1 Å². The van der Waals surface area contributed by atoms with Gasteiger partial charge in [0.1, 0.15) is 22.7 Å². The Hall–Kier alpha value is -3.55. The normalized spacial score (nSPS) is 11.2. The number of aromatic amines is 1. The fourth-order valence-electron chi connectivity index (χ4n) is 3.28. The van der Waals surface area contributed by atoms with Crippen molar-refractivity contribution in [1.29, 1.82) is 0 Å². The lowest BCUT2D eigenvalue weighted by Gasteiger charge is -2.16. The van der Waals surface area contributed by atoms with Gasteiger partial charge in [0.25, 0.3) is 0 Å². The number of carbonyl (C=O) groups excluding carboxylic acids is 1. The fraction of sp³-hybridized carbons (Fsp3) is 0.200. The highest BCUT2D eigenvalue weighted by Gasteiger charge is 2.16. The molecule has 4 aromatic rings. The van der Waals surface area contributed by atoms with Crippen molar-refractivity contribution in [3.8, 4) is 11.1 Å². The van der Waals surface area contributed by atoms with Crippen molar-refractivity contribution in [3.05, 3.63) is 48.3 Å². The van der Waals surface area contributed by atoms with Gasteiger partial charge in [-0.25, -0.2) is 15.0 Å². The van der Waals surface area contributed by atoms with E-state index in [0.29, 0.717) is 52.4 Å². The summed E-state index contributed by atoms with van der Waals surface area (Å²) < 4.78 is 14.0. The van der Waals surface area contributed by atoms with Crippen LogP contribution in [0, 0.1) is 5.95 Å². The first-order chi connectivity index (χ1) is 13.5. The number of fused-ring (bicyclic) bond motifs is 3. The molecule has 28 heavy (non-hydrogen) atoms. The second kappa shape index (κ2) is 6.88. The van der Waals surface area contributed by atoms with Crippen LogP contribution in [0.4, 0.5) is 10.2 Å². The van der Waals surface area contributed by atoms with E-state index >= 15 is 0 Å². The third-order valence-electron chi connectivity index (χ3n) is 4.74. The van der Waals surface area contributed by atoms with Crippen LogP contribution in [-0.4, -0.2) is 37.3 Å². The number of halogens is 1. The summed E-state index contributed by atoms with van der Waals surface area (Å²) in [6, 6.07) is 8.77. The van der Waals surface area contributed by atoms with Crippen molar-refractivity contribution < 1.29 is 9.18 Å². The number of nitrogens with zero attached hydrogens (tertiary/aromatic N) is 4. The lowest BCUT2D eigenvalue weighted by Crippen LogP contribution is -2.28. The van der Waals surface area contributed by atoms with Crippen LogP contribution in [0.5, 0.6) is 0 Å². The second-order valence-electron chi connectivity index (χ2n) is 6.51. The Morgan fingerprint density at radius 2 is 2.11 bits per heavy atom. The lowest BCUT2D eigenvalue weighted by molar-refractivity contribution is -0.129. The van der Waals surface area contributed by atoms with Crippen LogP contribution in [-0.2, 0) is 11.3 Å². The maximum Gasteiger partial charge on any atom is 0.220 e. The number of nitrogens with two attached hydrogens (primary N) is 1. The van der Waals surface area contributed by atoms with E-state index in [2.05, 4.69) is 19.9 Å². The quantitative estimate of drug-likeness (QED) is 0.531. The molecule has 0 spiro atoms. The molecule has 3 aromatic heterocycles. The maximum atomic E-state index is 14.0. The van der Waals surface area contributed by atoms with E-state index < -0.39 is 5.95 Å². The Bertz CT molecular complexity index is 1200. The average molecular weight is 378 g/mol. The number of H-pyrrole nitrogens is 1. The Balaban J connectivity index is 1.83. The highest BCUT2D eigenvalue weighted by Crippen LogP contribution is 2.30. The topological polar surface area (TPSA) is 101 Å². The summed E-state index contributed by atoms with van der Waals surface area (Å²) in [6.45, 7) is 4.38. The molecule has 0 aliphatic rings. The molecule has 3 N–H and O–H groups in total. The number of hydrogen-bond donors (Lipinski definition) is 2. The number of aromatic nitrogens is 4. The summed E-state index contributed by atoms with van der Waals surface area (Å²) in [4.78, 5) is 29.3. The van der Waals surface area contributed by atoms with Crippen molar-refractivity contribution in [2.24, 2.45) is 0 Å². The largest absolute Gasteiger partial charge is 0.382 e. The number of rotatable bonds is 4. The Morgan fingerprint density at radius 3 is 2.82 bits per heavy atom. The number of nitrogens with one attached hydrogen (secondary N) is 1. The first-order valence-electron chi connectivity index (χ1n) is 8.92. The zero-order chi connectivity index (χ0) is 19.8. The van der Waals surface area contributed by atoms with Gasteiger partial charge < -0.3 is 15.6 Å². The monoisotopic (exact) mass is 378 g/mol. The van der Waals surface area contributed by atoms with E-state index in [-0.39, 0.29) is 5.91 Å². The molecule has 7 nitrogen and oxygen atoms in total. The Morgan fingerprint density at radius 1 is 1.29 bits per heavy atom. The van der Waals surface area contributed by atoms with E-state index in [9.17, 15) is 9.18 Å². The number of amides is 1. The van der Waals surface area contributed by atoms with Crippen LogP contribution >= 0.6 is 0 Å². The third kappa shape index (κ3) is 3.02. The minimum atomic E-state index is -0.540. The van der Waals surface area contributed by atoms with Crippen LogP contribution in [0.15, 0.2) is 36.5 Å². The summed E-state index contributed by atoms with van der Waals surface area (Å²) in [5.74, 6) is 0.371. The summed E-state index contributed by atoms with van der Waals surface area (Å²) in [5, 5.41) is 0.797. The van der Waals surface area contributed by atoms with Crippen molar-refractivity contribution in [1.82, 2.24) is 24.8 Å². The van der Waals surface area contributed by atoms with E-state index in [1.807, 2.05) is 19.1 Å². The molecule has 0 fully saturated rings. The van der Waals surface area contributed by atoms with Gasteiger partial charge in [-0.3, -0.25) is 4.79 Å². The van der Waals surface area contributed by atoms with Crippen molar-refractivity contribution >= 4 is 33.7 Å². The van der Waals surface area contributed by atoms with Gasteiger partial charge >= 0.3 is 0 Å². The zero-order valence-corrected chi connectivity index (χ0v) is 15.5. The first-order valence-corrected chi connectivity index (χ1v) is 8.92. The van der Waals surface area contributed by atoms with Gasteiger partial charge in [-0.05, 0) is 36.8 Å². The predicted octanol–water partition coefficient (Wildman–Crippen LogP) is 3.26. The van der Waals surface area contributed by atoms with Gasteiger partial charge in [-0.15, -0.1) is 0 Å². The molecule has 1 aromatic carbocycles. The number of anilines is 1. The third-order valence-corrected chi connectivity index (χ3v) is 4.74. The van der Waals surface area contributed by atoms with Crippen molar-refractivity contribution in [2.45, 2.75) is 20.4 Å². The zero-order valence-electron chi connectivity index (χ0n) is 15.5. The molecular formula is C20H19FN6O. The minimum absolute atomic E-state index is 0.0259. The minimum Gasteiger partial charge on any atom is -0.382 e. The molecule has 0 aliphatic heterocycles. The van der Waals surface area contributed by atoms with E-state index in [0.717, 1.165) is 5.39 Å².